The number of alkyl halides is 1. The molecule has 20 heavy (non-hydrogen) atoms. The van der Waals surface area contributed by atoms with E-state index in [2.05, 4.69) is 12.1 Å². The third-order valence-corrected chi connectivity index (χ3v) is 4.30. The fraction of sp³-hybridized carbons (Fsp3) is 0.467. The fourth-order valence-electron chi connectivity index (χ4n) is 3.10. The van der Waals surface area contributed by atoms with Crippen LogP contribution in [0.1, 0.15) is 23.6 Å². The van der Waals surface area contributed by atoms with Gasteiger partial charge in [0.15, 0.2) is 0 Å². The van der Waals surface area contributed by atoms with E-state index in [9.17, 15) is 9.59 Å². The van der Waals surface area contributed by atoms with Crippen molar-refractivity contribution in [1.29, 1.82) is 0 Å². The second-order valence-electron chi connectivity index (χ2n) is 5.26. The highest BCUT2D eigenvalue weighted by Gasteiger charge is 2.37. The Morgan fingerprint density at radius 2 is 2.15 bits per heavy atom. The van der Waals surface area contributed by atoms with Gasteiger partial charge in [-0.2, -0.15) is 0 Å². The van der Waals surface area contributed by atoms with Crippen molar-refractivity contribution >= 4 is 23.4 Å². The Labute approximate surface area is 123 Å². The van der Waals surface area contributed by atoms with Gasteiger partial charge in [-0.25, -0.2) is 0 Å². The fourth-order valence-corrected chi connectivity index (χ4v) is 3.27. The summed E-state index contributed by atoms with van der Waals surface area (Å²) in [6, 6.07) is 8.19. The van der Waals surface area contributed by atoms with Crippen LogP contribution in [-0.2, 0) is 16.0 Å². The van der Waals surface area contributed by atoms with Crippen LogP contribution in [0.4, 0.5) is 0 Å². The molecule has 0 aliphatic carbocycles. The smallest absolute Gasteiger partial charge is 0.242 e. The molecule has 5 heteroatoms. The number of carbonyl (C=O) groups excluding carboxylic acids is 2. The highest BCUT2D eigenvalue weighted by molar-refractivity contribution is 6.18. The summed E-state index contributed by atoms with van der Waals surface area (Å²) in [6.07, 6.45) is 1.19. The van der Waals surface area contributed by atoms with Crippen LogP contribution in [0.5, 0.6) is 0 Å². The third kappa shape index (κ3) is 2.29. The first-order valence-corrected chi connectivity index (χ1v) is 7.45. The number of halogens is 1. The van der Waals surface area contributed by atoms with Gasteiger partial charge in [0.25, 0.3) is 0 Å². The summed E-state index contributed by atoms with van der Waals surface area (Å²) in [4.78, 5) is 27.8. The summed E-state index contributed by atoms with van der Waals surface area (Å²) in [5, 5.41) is 0. The van der Waals surface area contributed by atoms with Gasteiger partial charge in [-0.05, 0) is 17.5 Å². The monoisotopic (exact) mass is 292 g/mol. The van der Waals surface area contributed by atoms with Crippen molar-refractivity contribution in [3.05, 3.63) is 35.4 Å². The van der Waals surface area contributed by atoms with Gasteiger partial charge in [-0.1, -0.05) is 24.3 Å². The lowest BCUT2D eigenvalue weighted by molar-refractivity contribution is -0.149. The number of amides is 2. The molecule has 1 aromatic carbocycles. The van der Waals surface area contributed by atoms with Gasteiger partial charge in [-0.3, -0.25) is 9.59 Å². The molecule has 0 bridgehead atoms. The Bertz CT molecular complexity index is 546. The van der Waals surface area contributed by atoms with E-state index in [1.54, 1.807) is 4.90 Å². The predicted octanol–water partition coefficient (Wildman–Crippen LogP) is 1.58. The van der Waals surface area contributed by atoms with Gasteiger partial charge < -0.3 is 9.80 Å². The molecule has 0 N–H and O–H groups in total. The number of nitrogens with zero attached hydrogens (tertiary/aromatic N) is 2. The summed E-state index contributed by atoms with van der Waals surface area (Å²) < 4.78 is 0. The standard InChI is InChI=1S/C15H17ClN2O2/c16-7-5-14(19)17-9-13-12-4-2-1-3-11(12)6-8-18(13)15(20)10-17/h1-4,13H,5-10H2. The minimum absolute atomic E-state index is 0.000440. The maximum absolute atomic E-state index is 12.3. The molecule has 106 valence electrons. The maximum Gasteiger partial charge on any atom is 0.242 e. The van der Waals surface area contributed by atoms with Crippen LogP contribution in [-0.4, -0.2) is 47.1 Å². The van der Waals surface area contributed by atoms with E-state index in [0.717, 1.165) is 13.0 Å². The van der Waals surface area contributed by atoms with Gasteiger partial charge in [0, 0.05) is 25.4 Å². The van der Waals surface area contributed by atoms with E-state index in [4.69, 9.17) is 11.6 Å². The van der Waals surface area contributed by atoms with Gasteiger partial charge in [0.05, 0.1) is 12.6 Å². The van der Waals surface area contributed by atoms with Crippen molar-refractivity contribution in [1.82, 2.24) is 9.80 Å². The zero-order chi connectivity index (χ0) is 14.1. The minimum Gasteiger partial charge on any atom is -0.332 e. The Kier molecular flexibility index (Phi) is 3.66. The summed E-state index contributed by atoms with van der Waals surface area (Å²) >= 11 is 5.63. The van der Waals surface area contributed by atoms with E-state index in [1.807, 2.05) is 17.0 Å². The zero-order valence-corrected chi connectivity index (χ0v) is 12.0. The quantitative estimate of drug-likeness (QED) is 0.777. The van der Waals surface area contributed by atoms with Crippen LogP contribution < -0.4 is 0 Å². The predicted molar refractivity (Wildman–Crippen MR) is 76.5 cm³/mol. The number of fused-ring (bicyclic) bond motifs is 3. The highest BCUT2D eigenvalue weighted by Crippen LogP contribution is 2.33. The second kappa shape index (κ2) is 5.44. The van der Waals surface area contributed by atoms with Crippen LogP contribution in [0.15, 0.2) is 24.3 Å². The van der Waals surface area contributed by atoms with E-state index in [-0.39, 0.29) is 24.4 Å². The summed E-state index contributed by atoms with van der Waals surface area (Å²) in [6.45, 7) is 1.52. The van der Waals surface area contributed by atoms with E-state index >= 15 is 0 Å². The normalized spacial score (nSPS) is 21.4. The first-order valence-electron chi connectivity index (χ1n) is 6.91. The second-order valence-corrected chi connectivity index (χ2v) is 5.64. The first kappa shape index (κ1) is 13.4. The molecular formula is C15H17ClN2O2. The van der Waals surface area contributed by atoms with Crippen molar-refractivity contribution < 1.29 is 9.59 Å². The molecule has 3 rings (SSSR count). The van der Waals surface area contributed by atoms with Crippen molar-refractivity contribution in [2.45, 2.75) is 18.9 Å². The van der Waals surface area contributed by atoms with Crippen molar-refractivity contribution in [2.75, 3.05) is 25.5 Å². The van der Waals surface area contributed by atoms with Crippen LogP contribution in [0.25, 0.3) is 0 Å². The van der Waals surface area contributed by atoms with Gasteiger partial charge in [-0.15, -0.1) is 11.6 Å². The SMILES string of the molecule is O=C(CCCl)N1CC(=O)N2CCc3ccccc3C2C1. The largest absolute Gasteiger partial charge is 0.332 e. The lowest BCUT2D eigenvalue weighted by Crippen LogP contribution is -2.55. The molecule has 2 heterocycles. The number of benzene rings is 1. The Morgan fingerprint density at radius 3 is 2.95 bits per heavy atom. The maximum atomic E-state index is 12.3. The average molecular weight is 293 g/mol. The number of hydrogen-bond acceptors (Lipinski definition) is 2. The summed E-state index contributed by atoms with van der Waals surface area (Å²) in [5.41, 5.74) is 2.46. The first-order chi connectivity index (χ1) is 9.70. The van der Waals surface area contributed by atoms with Crippen LogP contribution in [0.2, 0.25) is 0 Å². The molecule has 2 aliphatic heterocycles. The molecule has 2 aliphatic rings. The molecule has 0 saturated carbocycles. The van der Waals surface area contributed by atoms with Gasteiger partial charge in [0.1, 0.15) is 0 Å². The van der Waals surface area contributed by atoms with Gasteiger partial charge >= 0.3 is 0 Å². The van der Waals surface area contributed by atoms with Crippen molar-refractivity contribution in [3.8, 4) is 0 Å². The molecule has 0 aromatic heterocycles. The Morgan fingerprint density at radius 1 is 1.35 bits per heavy atom. The van der Waals surface area contributed by atoms with Crippen molar-refractivity contribution in [2.24, 2.45) is 0 Å². The molecule has 1 unspecified atom stereocenters. The van der Waals surface area contributed by atoms with Crippen LogP contribution in [0, 0.1) is 0 Å². The van der Waals surface area contributed by atoms with E-state index < -0.39 is 0 Å². The highest BCUT2D eigenvalue weighted by atomic mass is 35.5. The molecule has 2 amide bonds. The van der Waals surface area contributed by atoms with Crippen molar-refractivity contribution in [3.63, 3.8) is 0 Å². The lowest BCUT2D eigenvalue weighted by Gasteiger charge is -2.44. The van der Waals surface area contributed by atoms with Crippen LogP contribution in [0.3, 0.4) is 0 Å². The third-order valence-electron chi connectivity index (χ3n) is 4.11. The topological polar surface area (TPSA) is 40.6 Å². The lowest BCUT2D eigenvalue weighted by atomic mass is 9.90. The zero-order valence-electron chi connectivity index (χ0n) is 11.2. The number of carbonyl (C=O) groups is 2. The molecular weight excluding hydrogens is 276 g/mol. The molecule has 0 spiro atoms. The van der Waals surface area contributed by atoms with E-state index in [1.165, 1.54) is 11.1 Å². The van der Waals surface area contributed by atoms with Crippen LogP contribution >= 0.6 is 11.6 Å². The molecule has 4 nitrogen and oxygen atoms in total. The number of piperazine rings is 1. The molecule has 1 aromatic rings. The number of rotatable bonds is 2. The summed E-state index contributed by atoms with van der Waals surface area (Å²) in [5.74, 6) is 0.309. The molecule has 1 saturated heterocycles. The Balaban J connectivity index is 1.88. The molecule has 1 atom stereocenters. The molecule has 1 fully saturated rings. The summed E-state index contributed by atoms with van der Waals surface area (Å²) in [7, 11) is 0. The Hall–Kier alpha value is -1.55. The molecule has 0 radical (unpaired) electrons. The van der Waals surface area contributed by atoms with Gasteiger partial charge in [0.2, 0.25) is 11.8 Å². The number of hydrogen-bond donors (Lipinski definition) is 0. The van der Waals surface area contributed by atoms with E-state index in [0.29, 0.717) is 18.8 Å². The minimum atomic E-state index is -0.0314. The average Bonchev–Trinajstić information content (AvgIpc) is 2.47.